The van der Waals surface area contributed by atoms with E-state index in [1.165, 1.54) is 0 Å². The molecule has 112 valence electrons. The van der Waals surface area contributed by atoms with Crippen LogP contribution in [0.2, 0.25) is 5.02 Å². The highest BCUT2D eigenvalue weighted by Crippen LogP contribution is 2.22. The average Bonchev–Trinajstić information content (AvgIpc) is 2.46. The Bertz CT molecular complexity index is 611. The van der Waals surface area contributed by atoms with Crippen molar-refractivity contribution in [1.82, 2.24) is 4.98 Å². The number of aromatic nitrogens is 1. The van der Waals surface area contributed by atoms with Crippen LogP contribution in [0.25, 0.3) is 0 Å². The number of alkyl halides is 1. The van der Waals surface area contributed by atoms with Gasteiger partial charge in [-0.05, 0) is 41.3 Å². The summed E-state index contributed by atoms with van der Waals surface area (Å²) in [5.74, 6) is 1.82. The number of halogens is 2. The van der Waals surface area contributed by atoms with Gasteiger partial charge in [0.15, 0.2) is 0 Å². The molecule has 2 nitrogen and oxygen atoms in total. The topological polar surface area (TPSA) is 16.1 Å². The zero-order valence-corrected chi connectivity index (χ0v) is 14.1. The lowest BCUT2D eigenvalue weighted by atomic mass is 10.1. The van der Waals surface area contributed by atoms with E-state index in [-0.39, 0.29) is 0 Å². The van der Waals surface area contributed by atoms with Crippen LogP contribution in [0.4, 0.5) is 5.82 Å². The molecular formula is C17H20Cl2N2. The summed E-state index contributed by atoms with van der Waals surface area (Å²) >= 11 is 12.0. The summed E-state index contributed by atoms with van der Waals surface area (Å²) in [6, 6.07) is 12.0. The first kappa shape index (κ1) is 16.1. The number of benzene rings is 1. The summed E-state index contributed by atoms with van der Waals surface area (Å²) < 4.78 is 0. The van der Waals surface area contributed by atoms with Gasteiger partial charge in [0.05, 0.1) is 0 Å². The summed E-state index contributed by atoms with van der Waals surface area (Å²) in [7, 11) is 2.03. The van der Waals surface area contributed by atoms with Crippen LogP contribution in [0.5, 0.6) is 0 Å². The van der Waals surface area contributed by atoms with Gasteiger partial charge in [-0.3, -0.25) is 0 Å². The van der Waals surface area contributed by atoms with Crippen molar-refractivity contribution in [2.75, 3.05) is 11.9 Å². The SMILES string of the molecule is CC(C)c1cc(CCl)cc(N(C)Cc2cccc(Cl)c2)n1. The van der Waals surface area contributed by atoms with E-state index >= 15 is 0 Å². The number of hydrogen-bond acceptors (Lipinski definition) is 2. The zero-order valence-electron chi connectivity index (χ0n) is 12.6. The van der Waals surface area contributed by atoms with Gasteiger partial charge >= 0.3 is 0 Å². The first-order valence-corrected chi connectivity index (χ1v) is 7.93. The van der Waals surface area contributed by atoms with Crippen LogP contribution in [-0.4, -0.2) is 12.0 Å². The lowest BCUT2D eigenvalue weighted by molar-refractivity contribution is 0.803. The van der Waals surface area contributed by atoms with E-state index < -0.39 is 0 Å². The molecule has 0 aliphatic heterocycles. The van der Waals surface area contributed by atoms with Crippen molar-refractivity contribution in [3.8, 4) is 0 Å². The summed E-state index contributed by atoms with van der Waals surface area (Å²) in [5, 5.41) is 0.756. The second-order valence-electron chi connectivity index (χ2n) is 5.53. The number of nitrogens with zero attached hydrogens (tertiary/aromatic N) is 2. The highest BCUT2D eigenvalue weighted by Gasteiger charge is 2.10. The summed E-state index contributed by atoms with van der Waals surface area (Å²) in [5.41, 5.74) is 3.33. The van der Waals surface area contributed by atoms with Crippen molar-refractivity contribution >= 4 is 29.0 Å². The fourth-order valence-corrected chi connectivity index (χ4v) is 2.52. The van der Waals surface area contributed by atoms with Crippen molar-refractivity contribution in [3.63, 3.8) is 0 Å². The molecule has 2 rings (SSSR count). The minimum absolute atomic E-state index is 0.381. The third-order valence-corrected chi connectivity index (χ3v) is 3.88. The van der Waals surface area contributed by atoms with Gasteiger partial charge in [0, 0.05) is 30.2 Å². The van der Waals surface area contributed by atoms with Gasteiger partial charge in [-0.25, -0.2) is 4.98 Å². The minimum Gasteiger partial charge on any atom is -0.355 e. The Balaban J connectivity index is 2.25. The third kappa shape index (κ3) is 4.36. The van der Waals surface area contributed by atoms with Crippen molar-refractivity contribution in [1.29, 1.82) is 0 Å². The van der Waals surface area contributed by atoms with Gasteiger partial charge in [-0.1, -0.05) is 37.6 Å². The molecule has 0 saturated heterocycles. The van der Waals surface area contributed by atoms with Gasteiger partial charge in [0.1, 0.15) is 5.82 Å². The zero-order chi connectivity index (χ0) is 15.4. The number of pyridine rings is 1. The van der Waals surface area contributed by atoms with Crippen molar-refractivity contribution in [3.05, 3.63) is 58.2 Å². The van der Waals surface area contributed by atoms with Crippen molar-refractivity contribution in [2.45, 2.75) is 32.2 Å². The molecule has 0 atom stereocenters. The molecule has 0 fully saturated rings. The number of rotatable bonds is 5. The molecule has 21 heavy (non-hydrogen) atoms. The molecule has 0 bridgehead atoms. The van der Waals surface area contributed by atoms with E-state index in [9.17, 15) is 0 Å². The smallest absolute Gasteiger partial charge is 0.129 e. The highest BCUT2D eigenvalue weighted by atomic mass is 35.5. The predicted octanol–water partition coefficient (Wildman–Crippen LogP) is 5.23. The Hall–Kier alpha value is -1.25. The summed E-state index contributed by atoms with van der Waals surface area (Å²) in [6.45, 7) is 5.04. The Morgan fingerprint density at radius 2 is 1.90 bits per heavy atom. The van der Waals surface area contributed by atoms with Gasteiger partial charge in [0.25, 0.3) is 0 Å². The third-order valence-electron chi connectivity index (χ3n) is 3.34. The Morgan fingerprint density at radius 3 is 2.52 bits per heavy atom. The predicted molar refractivity (Wildman–Crippen MR) is 91.4 cm³/mol. The molecule has 0 unspecified atom stereocenters. The minimum atomic E-state index is 0.381. The van der Waals surface area contributed by atoms with Crippen LogP contribution in [-0.2, 0) is 12.4 Å². The van der Waals surface area contributed by atoms with Gasteiger partial charge in [-0.15, -0.1) is 11.6 Å². The number of anilines is 1. The van der Waals surface area contributed by atoms with Gasteiger partial charge in [-0.2, -0.15) is 0 Å². The number of hydrogen-bond donors (Lipinski definition) is 0. The molecule has 1 heterocycles. The van der Waals surface area contributed by atoms with Gasteiger partial charge in [0.2, 0.25) is 0 Å². The first-order valence-electron chi connectivity index (χ1n) is 7.02. The fraction of sp³-hybridized carbons (Fsp3) is 0.353. The second-order valence-corrected chi connectivity index (χ2v) is 6.24. The van der Waals surface area contributed by atoms with Crippen LogP contribution in [0.15, 0.2) is 36.4 Å². The Kier molecular flexibility index (Phi) is 5.49. The standard InChI is InChI=1S/C17H20Cl2N2/c1-12(2)16-8-14(10-18)9-17(20-16)21(3)11-13-5-4-6-15(19)7-13/h4-9,12H,10-11H2,1-3H3. The molecule has 0 radical (unpaired) electrons. The normalized spacial score (nSPS) is 11.0. The van der Waals surface area contributed by atoms with Crippen LogP contribution in [0, 0.1) is 0 Å². The molecule has 1 aromatic carbocycles. The summed E-state index contributed by atoms with van der Waals surface area (Å²) in [4.78, 5) is 6.85. The molecule has 0 spiro atoms. The van der Waals surface area contributed by atoms with E-state index in [0.29, 0.717) is 11.8 Å². The van der Waals surface area contributed by atoms with E-state index in [0.717, 1.165) is 34.2 Å². The largest absolute Gasteiger partial charge is 0.355 e. The maximum Gasteiger partial charge on any atom is 0.129 e. The van der Waals surface area contributed by atoms with E-state index in [1.54, 1.807) is 0 Å². The molecule has 0 saturated carbocycles. The molecule has 4 heteroatoms. The van der Waals surface area contributed by atoms with E-state index in [4.69, 9.17) is 28.2 Å². The average molecular weight is 323 g/mol. The molecular weight excluding hydrogens is 303 g/mol. The molecule has 0 N–H and O–H groups in total. The Morgan fingerprint density at radius 1 is 1.14 bits per heavy atom. The van der Waals surface area contributed by atoms with E-state index in [2.05, 4.69) is 30.9 Å². The van der Waals surface area contributed by atoms with E-state index in [1.807, 2.05) is 31.3 Å². The molecule has 0 amide bonds. The second kappa shape index (κ2) is 7.15. The van der Waals surface area contributed by atoms with Crippen molar-refractivity contribution < 1.29 is 0 Å². The van der Waals surface area contributed by atoms with Crippen LogP contribution in [0.1, 0.15) is 36.6 Å². The van der Waals surface area contributed by atoms with Crippen molar-refractivity contribution in [2.24, 2.45) is 0 Å². The highest BCUT2D eigenvalue weighted by molar-refractivity contribution is 6.30. The lowest BCUT2D eigenvalue weighted by Gasteiger charge is -2.21. The summed E-state index contributed by atoms with van der Waals surface area (Å²) in [6.07, 6.45) is 0. The van der Waals surface area contributed by atoms with Gasteiger partial charge < -0.3 is 4.90 Å². The van der Waals surface area contributed by atoms with Crippen LogP contribution >= 0.6 is 23.2 Å². The molecule has 2 aromatic rings. The monoisotopic (exact) mass is 322 g/mol. The maximum absolute atomic E-state index is 6.04. The molecule has 1 aromatic heterocycles. The first-order chi connectivity index (χ1) is 9.99. The van der Waals surface area contributed by atoms with Crippen LogP contribution < -0.4 is 4.90 Å². The maximum atomic E-state index is 6.04. The molecule has 0 aliphatic rings. The molecule has 0 aliphatic carbocycles. The lowest BCUT2D eigenvalue weighted by Crippen LogP contribution is -2.18. The quantitative estimate of drug-likeness (QED) is 0.700. The van der Waals surface area contributed by atoms with Crippen LogP contribution in [0.3, 0.4) is 0 Å². The Labute approximate surface area is 136 Å². The fourth-order valence-electron chi connectivity index (χ4n) is 2.15.